The summed E-state index contributed by atoms with van der Waals surface area (Å²) in [6.45, 7) is 0.630. The molecule has 92 valence electrons. The molecule has 4 heteroatoms. The van der Waals surface area contributed by atoms with Crippen molar-refractivity contribution in [3.63, 3.8) is 0 Å². The van der Waals surface area contributed by atoms with Gasteiger partial charge in [0.05, 0.1) is 11.6 Å². The molecule has 0 fully saturated rings. The molecule has 1 aromatic carbocycles. The number of nitriles is 1. The Morgan fingerprint density at radius 1 is 1.33 bits per heavy atom. The molecule has 0 bridgehead atoms. The van der Waals surface area contributed by atoms with Crippen LogP contribution in [0.4, 0.5) is 0 Å². The van der Waals surface area contributed by atoms with Crippen molar-refractivity contribution in [1.29, 1.82) is 5.26 Å². The van der Waals surface area contributed by atoms with Crippen LogP contribution in [0.2, 0.25) is 0 Å². The normalized spacial score (nSPS) is 10.2. The van der Waals surface area contributed by atoms with Crippen molar-refractivity contribution in [2.45, 2.75) is 19.3 Å². The summed E-state index contributed by atoms with van der Waals surface area (Å²) in [5.74, 6) is -0.0237. The van der Waals surface area contributed by atoms with Crippen LogP contribution >= 0.6 is 11.3 Å². The van der Waals surface area contributed by atoms with Crippen molar-refractivity contribution in [1.82, 2.24) is 5.32 Å². The first-order valence-corrected chi connectivity index (χ1v) is 6.82. The molecule has 0 saturated heterocycles. The van der Waals surface area contributed by atoms with E-state index in [-0.39, 0.29) is 5.91 Å². The van der Waals surface area contributed by atoms with Gasteiger partial charge in [-0.3, -0.25) is 4.79 Å². The fourth-order valence-electron chi connectivity index (χ4n) is 1.78. The number of rotatable bonds is 5. The smallest absolute Gasteiger partial charge is 0.252 e. The summed E-state index contributed by atoms with van der Waals surface area (Å²) in [5.41, 5.74) is 0.746. The summed E-state index contributed by atoms with van der Waals surface area (Å²) < 4.78 is 1.13. The molecule has 2 rings (SSSR count). The van der Waals surface area contributed by atoms with Crippen LogP contribution in [0.25, 0.3) is 10.1 Å². The number of unbranched alkanes of at least 4 members (excludes halogenated alkanes) is 2. The van der Waals surface area contributed by atoms with Crippen LogP contribution in [-0.2, 0) is 0 Å². The van der Waals surface area contributed by atoms with Crippen molar-refractivity contribution in [3.05, 3.63) is 35.2 Å². The van der Waals surface area contributed by atoms with Gasteiger partial charge in [-0.1, -0.05) is 18.2 Å². The molecule has 0 radical (unpaired) electrons. The largest absolute Gasteiger partial charge is 0.352 e. The lowest BCUT2D eigenvalue weighted by Gasteiger charge is -2.03. The number of hydrogen-bond donors (Lipinski definition) is 1. The topological polar surface area (TPSA) is 52.9 Å². The third kappa shape index (κ3) is 2.88. The zero-order chi connectivity index (χ0) is 12.8. The van der Waals surface area contributed by atoms with Gasteiger partial charge in [-0.2, -0.15) is 5.26 Å². The molecule has 1 amide bonds. The van der Waals surface area contributed by atoms with Crippen LogP contribution in [0, 0.1) is 11.3 Å². The number of thiophene rings is 1. The summed E-state index contributed by atoms with van der Waals surface area (Å²) in [4.78, 5) is 12.0. The highest BCUT2D eigenvalue weighted by Crippen LogP contribution is 2.25. The van der Waals surface area contributed by atoms with E-state index in [9.17, 15) is 4.79 Å². The quantitative estimate of drug-likeness (QED) is 0.836. The standard InChI is InChI=1S/C14H14N2OS/c15-8-4-1-5-9-16-14(17)12-10-18-13-7-3-2-6-11(12)13/h2-3,6-7,10H,1,4-5,9H2,(H,16,17). The van der Waals surface area contributed by atoms with Gasteiger partial charge in [0, 0.05) is 28.4 Å². The number of benzene rings is 1. The van der Waals surface area contributed by atoms with Crippen molar-refractivity contribution in [3.8, 4) is 6.07 Å². The maximum Gasteiger partial charge on any atom is 0.252 e. The van der Waals surface area contributed by atoms with Gasteiger partial charge in [-0.05, 0) is 18.9 Å². The van der Waals surface area contributed by atoms with E-state index in [1.165, 1.54) is 0 Å². The Kier molecular flexibility index (Phi) is 4.32. The Morgan fingerprint density at radius 2 is 2.17 bits per heavy atom. The minimum Gasteiger partial charge on any atom is -0.352 e. The lowest BCUT2D eigenvalue weighted by molar-refractivity contribution is 0.0955. The fraction of sp³-hybridized carbons (Fsp3) is 0.286. The SMILES string of the molecule is N#CCCCCNC(=O)c1csc2ccccc12. The molecular weight excluding hydrogens is 244 g/mol. The van der Waals surface area contributed by atoms with Gasteiger partial charge in [0.1, 0.15) is 0 Å². The predicted molar refractivity (Wildman–Crippen MR) is 73.6 cm³/mol. The Bertz CT molecular complexity index is 583. The zero-order valence-electron chi connectivity index (χ0n) is 9.98. The Morgan fingerprint density at radius 3 is 3.00 bits per heavy atom. The van der Waals surface area contributed by atoms with Gasteiger partial charge in [-0.15, -0.1) is 11.3 Å². The molecule has 1 aromatic heterocycles. The molecule has 3 nitrogen and oxygen atoms in total. The monoisotopic (exact) mass is 258 g/mol. The second-order valence-electron chi connectivity index (χ2n) is 4.02. The molecule has 2 aromatic rings. The van der Waals surface area contributed by atoms with Crippen LogP contribution in [0.5, 0.6) is 0 Å². The molecule has 0 saturated carbocycles. The van der Waals surface area contributed by atoms with E-state index >= 15 is 0 Å². The first kappa shape index (κ1) is 12.6. The summed E-state index contributed by atoms with van der Waals surface area (Å²) in [6.07, 6.45) is 2.24. The van der Waals surface area contributed by atoms with E-state index in [2.05, 4.69) is 11.4 Å². The van der Waals surface area contributed by atoms with E-state index in [0.29, 0.717) is 13.0 Å². The number of nitrogens with one attached hydrogen (secondary N) is 1. The van der Waals surface area contributed by atoms with Crippen molar-refractivity contribution in [2.24, 2.45) is 0 Å². The number of hydrogen-bond acceptors (Lipinski definition) is 3. The lowest BCUT2D eigenvalue weighted by atomic mass is 10.1. The minimum absolute atomic E-state index is 0.0237. The third-order valence-corrected chi connectivity index (χ3v) is 3.69. The van der Waals surface area contributed by atoms with Crippen LogP contribution in [0.1, 0.15) is 29.6 Å². The van der Waals surface area contributed by atoms with Crippen molar-refractivity contribution >= 4 is 27.3 Å². The predicted octanol–water partition coefficient (Wildman–Crippen LogP) is 3.32. The van der Waals surface area contributed by atoms with E-state index in [1.807, 2.05) is 29.6 Å². The number of nitrogens with zero attached hydrogens (tertiary/aromatic N) is 1. The first-order chi connectivity index (χ1) is 8.83. The number of carbonyl (C=O) groups excluding carboxylic acids is 1. The summed E-state index contributed by atoms with van der Waals surface area (Å²) >= 11 is 1.59. The second-order valence-corrected chi connectivity index (χ2v) is 4.93. The zero-order valence-corrected chi connectivity index (χ0v) is 10.8. The summed E-state index contributed by atoms with van der Waals surface area (Å²) in [7, 11) is 0. The molecule has 1 N–H and O–H groups in total. The second kappa shape index (κ2) is 6.18. The van der Waals surface area contributed by atoms with Crippen LogP contribution in [0.15, 0.2) is 29.6 Å². The van der Waals surface area contributed by atoms with Gasteiger partial charge >= 0.3 is 0 Å². The van der Waals surface area contributed by atoms with E-state index in [0.717, 1.165) is 28.5 Å². The molecule has 0 aliphatic rings. The maximum absolute atomic E-state index is 12.0. The molecule has 0 atom stereocenters. The number of carbonyl (C=O) groups is 1. The molecule has 1 heterocycles. The average molecular weight is 258 g/mol. The molecule has 18 heavy (non-hydrogen) atoms. The maximum atomic E-state index is 12.0. The van der Waals surface area contributed by atoms with Crippen molar-refractivity contribution < 1.29 is 4.79 Å². The Hall–Kier alpha value is -1.86. The summed E-state index contributed by atoms with van der Waals surface area (Å²) in [5, 5.41) is 14.2. The van der Waals surface area contributed by atoms with Gasteiger partial charge in [-0.25, -0.2) is 0 Å². The van der Waals surface area contributed by atoms with Crippen molar-refractivity contribution in [2.75, 3.05) is 6.54 Å². The molecule has 0 spiro atoms. The Balaban J connectivity index is 1.95. The van der Waals surface area contributed by atoms with Gasteiger partial charge < -0.3 is 5.32 Å². The minimum atomic E-state index is -0.0237. The molecule has 0 aliphatic carbocycles. The van der Waals surface area contributed by atoms with E-state index in [4.69, 9.17) is 5.26 Å². The number of amides is 1. The highest BCUT2D eigenvalue weighted by atomic mass is 32.1. The molecular formula is C14H14N2OS. The fourth-order valence-corrected chi connectivity index (χ4v) is 2.72. The van der Waals surface area contributed by atoms with Gasteiger partial charge in [0.25, 0.3) is 5.91 Å². The highest BCUT2D eigenvalue weighted by Gasteiger charge is 2.10. The highest BCUT2D eigenvalue weighted by molar-refractivity contribution is 7.17. The molecule has 0 unspecified atom stereocenters. The molecule has 0 aliphatic heterocycles. The van der Waals surface area contributed by atoms with Gasteiger partial charge in [0.2, 0.25) is 0 Å². The van der Waals surface area contributed by atoms with Crippen LogP contribution < -0.4 is 5.32 Å². The Labute approximate surface area is 110 Å². The van der Waals surface area contributed by atoms with Crippen LogP contribution in [0.3, 0.4) is 0 Å². The van der Waals surface area contributed by atoms with E-state index < -0.39 is 0 Å². The third-order valence-electron chi connectivity index (χ3n) is 2.73. The van der Waals surface area contributed by atoms with E-state index in [1.54, 1.807) is 11.3 Å². The summed E-state index contributed by atoms with van der Waals surface area (Å²) in [6, 6.07) is 10.0. The van der Waals surface area contributed by atoms with Gasteiger partial charge in [0.15, 0.2) is 0 Å². The first-order valence-electron chi connectivity index (χ1n) is 5.94. The number of fused-ring (bicyclic) bond motifs is 1. The van der Waals surface area contributed by atoms with Crippen LogP contribution in [-0.4, -0.2) is 12.5 Å². The average Bonchev–Trinajstić information content (AvgIpc) is 2.82. The lowest BCUT2D eigenvalue weighted by Crippen LogP contribution is -2.24.